The molecular formula is C7H8ClNO2. The lowest BCUT2D eigenvalue weighted by Crippen LogP contribution is -2.17. The third-order valence-corrected chi connectivity index (χ3v) is 1.99. The molecule has 0 atom stereocenters. The molecule has 0 aliphatic heterocycles. The fourth-order valence-electron chi connectivity index (χ4n) is 0.774. The fraction of sp³-hybridized carbons (Fsp3) is 0.286. The number of rotatable bonds is 0. The minimum absolute atomic E-state index is 0.0723. The first-order valence-electron chi connectivity index (χ1n) is 3.09. The van der Waals surface area contributed by atoms with Crippen LogP contribution >= 0.6 is 11.6 Å². The van der Waals surface area contributed by atoms with Crippen molar-refractivity contribution in [2.45, 2.75) is 6.92 Å². The third-order valence-electron chi connectivity index (χ3n) is 1.53. The van der Waals surface area contributed by atoms with Gasteiger partial charge in [-0.25, -0.2) is 0 Å². The van der Waals surface area contributed by atoms with Crippen molar-refractivity contribution in [3.63, 3.8) is 0 Å². The van der Waals surface area contributed by atoms with Crippen molar-refractivity contribution < 1.29 is 5.11 Å². The summed E-state index contributed by atoms with van der Waals surface area (Å²) in [6, 6.07) is 1.45. The second-order valence-electron chi connectivity index (χ2n) is 2.36. The summed E-state index contributed by atoms with van der Waals surface area (Å²) in [7, 11) is 1.46. The van der Waals surface area contributed by atoms with Crippen molar-refractivity contribution in [3.8, 4) is 5.88 Å². The van der Waals surface area contributed by atoms with Gasteiger partial charge in [0.15, 0.2) is 5.88 Å². The zero-order valence-electron chi connectivity index (χ0n) is 6.26. The number of pyridine rings is 1. The van der Waals surface area contributed by atoms with Crippen molar-refractivity contribution in [3.05, 3.63) is 27.0 Å². The van der Waals surface area contributed by atoms with Crippen LogP contribution in [-0.2, 0) is 7.05 Å². The lowest BCUT2D eigenvalue weighted by molar-refractivity contribution is 0.422. The zero-order valence-corrected chi connectivity index (χ0v) is 7.01. The Morgan fingerprint density at radius 1 is 1.64 bits per heavy atom. The van der Waals surface area contributed by atoms with E-state index in [2.05, 4.69) is 0 Å². The maximum atomic E-state index is 11.1. The normalized spacial score (nSPS) is 10.1. The Balaban J connectivity index is 3.59. The van der Waals surface area contributed by atoms with Crippen LogP contribution in [0.3, 0.4) is 0 Å². The average molecular weight is 174 g/mol. The van der Waals surface area contributed by atoms with Crippen molar-refractivity contribution in [2.75, 3.05) is 0 Å². The standard InChI is InChI=1S/C7H8ClNO2/c1-4-3-5(10)9(2)7(11)6(4)8/h3,10H,1-2H3. The lowest BCUT2D eigenvalue weighted by Gasteiger charge is -2.03. The van der Waals surface area contributed by atoms with E-state index >= 15 is 0 Å². The molecule has 1 N–H and O–H groups in total. The highest BCUT2D eigenvalue weighted by atomic mass is 35.5. The van der Waals surface area contributed by atoms with Gasteiger partial charge in [0.2, 0.25) is 0 Å². The van der Waals surface area contributed by atoms with Crippen LogP contribution in [-0.4, -0.2) is 9.67 Å². The van der Waals surface area contributed by atoms with Crippen LogP contribution < -0.4 is 5.56 Å². The highest BCUT2D eigenvalue weighted by Crippen LogP contribution is 2.14. The van der Waals surface area contributed by atoms with Gasteiger partial charge >= 0.3 is 0 Å². The summed E-state index contributed by atoms with van der Waals surface area (Å²) in [6.07, 6.45) is 0. The van der Waals surface area contributed by atoms with Gasteiger partial charge in [0, 0.05) is 13.1 Å². The number of nitrogens with zero attached hydrogens (tertiary/aromatic N) is 1. The van der Waals surface area contributed by atoms with Crippen molar-refractivity contribution in [2.24, 2.45) is 7.05 Å². The third kappa shape index (κ3) is 1.24. The minimum atomic E-state index is -0.371. The molecule has 1 rings (SSSR count). The molecule has 3 nitrogen and oxygen atoms in total. The van der Waals surface area contributed by atoms with Crippen LogP contribution in [0.1, 0.15) is 5.56 Å². The smallest absolute Gasteiger partial charge is 0.272 e. The van der Waals surface area contributed by atoms with Gasteiger partial charge < -0.3 is 5.11 Å². The molecular weight excluding hydrogens is 166 g/mol. The maximum absolute atomic E-state index is 11.1. The SMILES string of the molecule is Cc1cc(O)n(C)c(=O)c1Cl. The summed E-state index contributed by atoms with van der Waals surface area (Å²) in [5.74, 6) is -0.0723. The molecule has 1 heterocycles. The van der Waals surface area contributed by atoms with Gasteiger partial charge in [0.25, 0.3) is 5.56 Å². The molecule has 0 saturated carbocycles. The van der Waals surface area contributed by atoms with Gasteiger partial charge in [-0.15, -0.1) is 0 Å². The summed E-state index contributed by atoms with van der Waals surface area (Å²) >= 11 is 5.61. The maximum Gasteiger partial charge on any atom is 0.272 e. The number of hydrogen-bond acceptors (Lipinski definition) is 2. The highest BCUT2D eigenvalue weighted by Gasteiger charge is 2.05. The van der Waals surface area contributed by atoms with E-state index in [0.717, 1.165) is 4.57 Å². The van der Waals surface area contributed by atoms with Crippen LogP contribution in [0.4, 0.5) is 0 Å². The van der Waals surface area contributed by atoms with Crippen LogP contribution in [0.2, 0.25) is 5.02 Å². The second-order valence-corrected chi connectivity index (χ2v) is 2.74. The van der Waals surface area contributed by atoms with Crippen LogP contribution in [0.25, 0.3) is 0 Å². The van der Waals surface area contributed by atoms with Gasteiger partial charge in [-0.3, -0.25) is 9.36 Å². The van der Waals surface area contributed by atoms with Crippen molar-refractivity contribution in [1.82, 2.24) is 4.57 Å². The molecule has 60 valence electrons. The number of hydrogen-bond donors (Lipinski definition) is 1. The number of aromatic nitrogens is 1. The Kier molecular flexibility index (Phi) is 1.91. The molecule has 4 heteroatoms. The van der Waals surface area contributed by atoms with E-state index in [1.165, 1.54) is 13.1 Å². The molecule has 0 saturated heterocycles. The average Bonchev–Trinajstić information content (AvgIpc) is 1.97. The zero-order chi connectivity index (χ0) is 8.59. The lowest BCUT2D eigenvalue weighted by atomic mass is 10.3. The topological polar surface area (TPSA) is 42.2 Å². The van der Waals surface area contributed by atoms with E-state index in [-0.39, 0.29) is 16.5 Å². The molecule has 0 unspecified atom stereocenters. The Bertz CT molecular complexity index is 314. The first-order chi connectivity index (χ1) is 5.04. The Morgan fingerprint density at radius 3 is 2.73 bits per heavy atom. The summed E-state index contributed by atoms with van der Waals surface area (Å²) in [4.78, 5) is 11.1. The first kappa shape index (κ1) is 8.14. The molecule has 0 radical (unpaired) electrons. The molecule has 0 spiro atoms. The predicted molar refractivity (Wildman–Crippen MR) is 43.1 cm³/mol. The molecule has 0 aliphatic carbocycles. The van der Waals surface area contributed by atoms with E-state index in [0.29, 0.717) is 5.56 Å². The van der Waals surface area contributed by atoms with E-state index in [9.17, 15) is 4.79 Å². The van der Waals surface area contributed by atoms with Crippen molar-refractivity contribution >= 4 is 11.6 Å². The van der Waals surface area contributed by atoms with Crippen molar-refractivity contribution in [1.29, 1.82) is 0 Å². The minimum Gasteiger partial charge on any atom is -0.494 e. The van der Waals surface area contributed by atoms with Crippen LogP contribution in [0.15, 0.2) is 10.9 Å². The number of halogens is 1. The summed E-state index contributed by atoms with van der Waals surface area (Å²) in [5, 5.41) is 9.27. The van der Waals surface area contributed by atoms with E-state index in [1.807, 2.05) is 0 Å². The molecule has 1 aromatic heterocycles. The quantitative estimate of drug-likeness (QED) is 0.638. The molecule has 1 aromatic rings. The Morgan fingerprint density at radius 2 is 2.18 bits per heavy atom. The van der Waals surface area contributed by atoms with Crippen LogP contribution in [0, 0.1) is 6.92 Å². The number of aryl methyl sites for hydroxylation is 1. The van der Waals surface area contributed by atoms with Gasteiger partial charge in [-0.2, -0.15) is 0 Å². The largest absolute Gasteiger partial charge is 0.494 e. The Hall–Kier alpha value is -0.960. The summed E-state index contributed by atoms with van der Waals surface area (Å²) in [5.41, 5.74) is 0.219. The molecule has 0 aromatic carbocycles. The molecule has 0 aliphatic rings. The van der Waals surface area contributed by atoms with E-state index < -0.39 is 0 Å². The number of aromatic hydroxyl groups is 1. The van der Waals surface area contributed by atoms with E-state index in [1.54, 1.807) is 6.92 Å². The molecule has 0 amide bonds. The molecule has 11 heavy (non-hydrogen) atoms. The monoisotopic (exact) mass is 173 g/mol. The molecule has 0 fully saturated rings. The fourth-order valence-corrected chi connectivity index (χ4v) is 0.955. The van der Waals surface area contributed by atoms with E-state index in [4.69, 9.17) is 16.7 Å². The summed E-state index contributed by atoms with van der Waals surface area (Å²) < 4.78 is 1.09. The highest BCUT2D eigenvalue weighted by molar-refractivity contribution is 6.31. The van der Waals surface area contributed by atoms with Gasteiger partial charge in [0.1, 0.15) is 5.02 Å². The second kappa shape index (κ2) is 2.58. The Labute approximate surface area is 68.8 Å². The molecule has 0 bridgehead atoms. The van der Waals surface area contributed by atoms with Gasteiger partial charge in [0.05, 0.1) is 0 Å². The summed E-state index contributed by atoms with van der Waals surface area (Å²) in [6.45, 7) is 1.67. The predicted octanol–water partition coefficient (Wildman–Crippen LogP) is 1.05. The van der Waals surface area contributed by atoms with Gasteiger partial charge in [-0.1, -0.05) is 11.6 Å². The van der Waals surface area contributed by atoms with Crippen LogP contribution in [0.5, 0.6) is 5.88 Å². The first-order valence-corrected chi connectivity index (χ1v) is 3.47. The van der Waals surface area contributed by atoms with Gasteiger partial charge in [-0.05, 0) is 12.5 Å².